The number of rotatable bonds is 3. The van der Waals surface area contributed by atoms with Crippen molar-refractivity contribution < 1.29 is 18.7 Å². The lowest BCUT2D eigenvalue weighted by molar-refractivity contribution is -0.120. The van der Waals surface area contributed by atoms with Crippen molar-refractivity contribution in [2.24, 2.45) is 0 Å². The first-order valence-electron chi connectivity index (χ1n) is 3.33. The molecule has 0 bridgehead atoms. The Morgan fingerprint density at radius 1 is 1.54 bits per heavy atom. The Morgan fingerprint density at radius 2 is 2.23 bits per heavy atom. The van der Waals surface area contributed by atoms with Crippen LogP contribution >= 0.6 is 11.6 Å². The van der Waals surface area contributed by atoms with Crippen LogP contribution in [-0.4, -0.2) is 13.6 Å². The molecular weight excluding hydrogens is 199 g/mol. The van der Waals surface area contributed by atoms with Gasteiger partial charge in [0.2, 0.25) is 5.82 Å². The highest BCUT2D eigenvalue weighted by molar-refractivity contribution is 6.32. The van der Waals surface area contributed by atoms with Crippen molar-refractivity contribution in [3.63, 3.8) is 0 Å². The summed E-state index contributed by atoms with van der Waals surface area (Å²) in [4.78, 5) is 9.99. The monoisotopic (exact) mass is 204 g/mol. The van der Waals surface area contributed by atoms with Crippen LogP contribution in [0.25, 0.3) is 0 Å². The summed E-state index contributed by atoms with van der Waals surface area (Å²) in [5.74, 6) is -1.14. The van der Waals surface area contributed by atoms with E-state index < -0.39 is 5.82 Å². The van der Waals surface area contributed by atoms with Gasteiger partial charge in [0.05, 0.1) is 12.1 Å². The molecule has 0 spiro atoms. The van der Waals surface area contributed by atoms with Crippen LogP contribution in [0.5, 0.6) is 11.5 Å². The van der Waals surface area contributed by atoms with E-state index in [1.54, 1.807) is 0 Å². The second kappa shape index (κ2) is 4.09. The summed E-state index contributed by atoms with van der Waals surface area (Å²) in [6.45, 7) is 0.101. The molecule has 1 aromatic carbocycles. The van der Waals surface area contributed by atoms with E-state index in [4.69, 9.17) is 11.6 Å². The molecule has 0 atom stereocenters. The Balaban J connectivity index is 3.20. The van der Waals surface area contributed by atoms with E-state index in [0.29, 0.717) is 0 Å². The van der Waals surface area contributed by atoms with Gasteiger partial charge >= 0.3 is 0 Å². The van der Waals surface area contributed by atoms with Crippen LogP contribution in [0, 0.1) is 5.82 Å². The molecule has 0 aliphatic rings. The molecule has 0 unspecified atom stereocenters. The number of hydrogen-bond acceptors (Lipinski definition) is 3. The third-order valence-electron chi connectivity index (χ3n) is 1.40. The maximum absolute atomic E-state index is 13.2. The van der Waals surface area contributed by atoms with E-state index in [0.717, 1.165) is 0 Å². The summed E-state index contributed by atoms with van der Waals surface area (Å²) < 4.78 is 22.2. The van der Waals surface area contributed by atoms with Crippen molar-refractivity contribution in [2.45, 2.75) is 0 Å². The Labute approximate surface area is 79.0 Å². The molecule has 0 heterocycles. The van der Waals surface area contributed by atoms with Crippen molar-refractivity contribution in [3.8, 4) is 11.5 Å². The third-order valence-corrected chi connectivity index (χ3v) is 1.70. The minimum atomic E-state index is -0.790. The van der Waals surface area contributed by atoms with Crippen LogP contribution in [0.1, 0.15) is 0 Å². The lowest BCUT2D eigenvalue weighted by atomic mass is 10.3. The van der Waals surface area contributed by atoms with Gasteiger partial charge in [0.1, 0.15) is 0 Å². The van der Waals surface area contributed by atoms with Gasteiger partial charge in [-0.05, 0) is 12.1 Å². The molecule has 0 N–H and O–H groups in total. The third kappa shape index (κ3) is 1.89. The van der Waals surface area contributed by atoms with Crippen molar-refractivity contribution in [1.29, 1.82) is 0 Å². The highest BCUT2D eigenvalue weighted by Crippen LogP contribution is 2.33. The number of methoxy groups -OCH3 is 1. The van der Waals surface area contributed by atoms with Crippen molar-refractivity contribution in [1.82, 2.24) is 0 Å². The summed E-state index contributed by atoms with van der Waals surface area (Å²) in [5, 5.41) is 0.0189. The average Bonchev–Trinajstić information content (AvgIpc) is 2.12. The number of carbonyl (C=O) groups is 1. The SMILES string of the molecule is COc1ccc(Cl)c(OC=O)c1F. The van der Waals surface area contributed by atoms with E-state index in [-0.39, 0.29) is 23.0 Å². The Kier molecular flexibility index (Phi) is 3.08. The second-order valence-electron chi connectivity index (χ2n) is 2.11. The number of benzene rings is 1. The molecule has 0 radical (unpaired) electrons. The highest BCUT2D eigenvalue weighted by atomic mass is 35.5. The van der Waals surface area contributed by atoms with E-state index in [1.807, 2.05) is 0 Å². The smallest absolute Gasteiger partial charge is 0.298 e. The summed E-state index contributed by atoms with van der Waals surface area (Å²) in [5.41, 5.74) is 0. The number of carbonyl (C=O) groups excluding carboxylic acids is 1. The normalized spacial score (nSPS) is 9.46. The van der Waals surface area contributed by atoms with E-state index in [2.05, 4.69) is 9.47 Å². The zero-order valence-electron chi connectivity index (χ0n) is 6.71. The standard InChI is InChI=1S/C8H6ClFO3/c1-12-6-3-2-5(9)8(7(6)10)13-4-11/h2-4H,1H3. The molecule has 13 heavy (non-hydrogen) atoms. The molecule has 0 saturated carbocycles. The van der Waals surface area contributed by atoms with Gasteiger partial charge in [0, 0.05) is 0 Å². The maximum Gasteiger partial charge on any atom is 0.298 e. The lowest BCUT2D eigenvalue weighted by Gasteiger charge is -2.06. The first kappa shape index (κ1) is 9.80. The largest absolute Gasteiger partial charge is 0.494 e. The minimum absolute atomic E-state index is 0.0189. The highest BCUT2D eigenvalue weighted by Gasteiger charge is 2.13. The quantitative estimate of drug-likeness (QED) is 0.707. The van der Waals surface area contributed by atoms with Gasteiger partial charge in [-0.2, -0.15) is 4.39 Å². The average molecular weight is 205 g/mol. The van der Waals surface area contributed by atoms with Gasteiger partial charge in [-0.3, -0.25) is 4.79 Å². The maximum atomic E-state index is 13.2. The molecule has 1 aromatic rings. The molecule has 0 aromatic heterocycles. The van der Waals surface area contributed by atoms with Crippen LogP contribution in [0.4, 0.5) is 4.39 Å². The second-order valence-corrected chi connectivity index (χ2v) is 2.51. The zero-order valence-corrected chi connectivity index (χ0v) is 7.47. The minimum Gasteiger partial charge on any atom is -0.494 e. The predicted molar refractivity (Wildman–Crippen MR) is 44.7 cm³/mol. The van der Waals surface area contributed by atoms with E-state index >= 15 is 0 Å². The fourth-order valence-corrected chi connectivity index (χ4v) is 1.02. The van der Waals surface area contributed by atoms with Gasteiger partial charge in [0.25, 0.3) is 6.47 Å². The van der Waals surface area contributed by atoms with Gasteiger partial charge in [-0.1, -0.05) is 11.6 Å². The van der Waals surface area contributed by atoms with Crippen LogP contribution in [0.2, 0.25) is 5.02 Å². The molecule has 70 valence electrons. The van der Waals surface area contributed by atoms with Crippen LogP contribution < -0.4 is 9.47 Å². The van der Waals surface area contributed by atoms with Crippen molar-refractivity contribution >= 4 is 18.1 Å². The van der Waals surface area contributed by atoms with Gasteiger partial charge in [0.15, 0.2) is 11.5 Å². The van der Waals surface area contributed by atoms with Crippen molar-refractivity contribution in [2.75, 3.05) is 7.11 Å². The number of hydrogen-bond donors (Lipinski definition) is 0. The molecule has 0 saturated heterocycles. The summed E-state index contributed by atoms with van der Waals surface area (Å²) in [7, 11) is 1.30. The first-order chi connectivity index (χ1) is 6.20. The molecular formula is C8H6ClFO3. The predicted octanol–water partition coefficient (Wildman–Crippen LogP) is 2.02. The fourth-order valence-electron chi connectivity index (χ4n) is 0.828. The van der Waals surface area contributed by atoms with Gasteiger partial charge in [-0.25, -0.2) is 0 Å². The topological polar surface area (TPSA) is 35.5 Å². The zero-order chi connectivity index (χ0) is 9.84. The molecule has 0 aliphatic heterocycles. The van der Waals surface area contributed by atoms with Crippen molar-refractivity contribution in [3.05, 3.63) is 23.0 Å². The summed E-state index contributed by atoms with van der Waals surface area (Å²) in [6, 6.07) is 2.72. The molecule has 1 rings (SSSR count). The summed E-state index contributed by atoms with van der Waals surface area (Å²) >= 11 is 5.56. The Hall–Kier alpha value is -1.29. The van der Waals surface area contributed by atoms with Crippen LogP contribution in [0.15, 0.2) is 12.1 Å². The molecule has 0 amide bonds. The van der Waals surface area contributed by atoms with Crippen LogP contribution in [-0.2, 0) is 4.79 Å². The fraction of sp³-hybridized carbons (Fsp3) is 0.125. The molecule has 0 aliphatic carbocycles. The van der Waals surface area contributed by atoms with Gasteiger partial charge < -0.3 is 9.47 Å². The van der Waals surface area contributed by atoms with Crippen LogP contribution in [0.3, 0.4) is 0 Å². The first-order valence-corrected chi connectivity index (χ1v) is 3.70. The van der Waals surface area contributed by atoms with E-state index in [9.17, 15) is 9.18 Å². The summed E-state index contributed by atoms with van der Waals surface area (Å²) in [6.07, 6.45) is 0. The number of ether oxygens (including phenoxy) is 2. The Morgan fingerprint density at radius 3 is 2.77 bits per heavy atom. The number of halogens is 2. The van der Waals surface area contributed by atoms with E-state index in [1.165, 1.54) is 19.2 Å². The van der Waals surface area contributed by atoms with Gasteiger partial charge in [-0.15, -0.1) is 0 Å². The molecule has 0 fully saturated rings. The molecule has 3 nitrogen and oxygen atoms in total. The molecule has 5 heteroatoms. The Bertz CT molecular complexity index is 327. The lowest BCUT2D eigenvalue weighted by Crippen LogP contribution is -1.96.